The standard InChI is InChI=1S/C11H19N3/c1-4-6-14(5-2)11-7-10(12-3)8-13-9-11/h7-9,12H,4-6H2,1-3H3. The average Bonchev–Trinajstić information content (AvgIpc) is 2.26. The van der Waals surface area contributed by atoms with Crippen LogP contribution < -0.4 is 10.2 Å². The van der Waals surface area contributed by atoms with E-state index in [1.165, 1.54) is 5.69 Å². The molecule has 1 heterocycles. The van der Waals surface area contributed by atoms with E-state index in [0.717, 1.165) is 25.2 Å². The van der Waals surface area contributed by atoms with E-state index in [9.17, 15) is 0 Å². The first-order valence-corrected chi connectivity index (χ1v) is 5.19. The van der Waals surface area contributed by atoms with Gasteiger partial charge in [0.25, 0.3) is 0 Å². The predicted molar refractivity (Wildman–Crippen MR) is 62.0 cm³/mol. The molecule has 0 bridgehead atoms. The summed E-state index contributed by atoms with van der Waals surface area (Å²) in [5, 5.41) is 3.10. The van der Waals surface area contributed by atoms with Crippen molar-refractivity contribution in [3.63, 3.8) is 0 Å². The van der Waals surface area contributed by atoms with Crippen LogP contribution in [0.2, 0.25) is 0 Å². The van der Waals surface area contributed by atoms with Crippen LogP contribution in [0.15, 0.2) is 18.5 Å². The molecule has 0 spiro atoms. The van der Waals surface area contributed by atoms with E-state index in [1.54, 1.807) is 0 Å². The predicted octanol–water partition coefficient (Wildman–Crippen LogP) is 2.36. The summed E-state index contributed by atoms with van der Waals surface area (Å²) in [6.45, 7) is 6.48. The van der Waals surface area contributed by atoms with Crippen LogP contribution >= 0.6 is 0 Å². The molecule has 14 heavy (non-hydrogen) atoms. The second kappa shape index (κ2) is 5.47. The molecular formula is C11H19N3. The van der Waals surface area contributed by atoms with E-state index in [0.29, 0.717) is 0 Å². The lowest BCUT2D eigenvalue weighted by molar-refractivity contribution is 0.790. The molecule has 0 aromatic carbocycles. The van der Waals surface area contributed by atoms with Gasteiger partial charge in [0.1, 0.15) is 0 Å². The molecule has 0 aliphatic heterocycles. The van der Waals surface area contributed by atoms with Crippen molar-refractivity contribution in [1.29, 1.82) is 0 Å². The number of aromatic nitrogens is 1. The summed E-state index contributed by atoms with van der Waals surface area (Å²) < 4.78 is 0. The van der Waals surface area contributed by atoms with Crippen molar-refractivity contribution in [1.82, 2.24) is 4.98 Å². The molecule has 0 atom stereocenters. The number of hydrogen-bond acceptors (Lipinski definition) is 3. The van der Waals surface area contributed by atoms with Gasteiger partial charge in [-0.2, -0.15) is 0 Å². The molecule has 1 aromatic heterocycles. The zero-order valence-electron chi connectivity index (χ0n) is 9.25. The Morgan fingerprint density at radius 2 is 2.14 bits per heavy atom. The third-order valence-corrected chi connectivity index (χ3v) is 2.25. The van der Waals surface area contributed by atoms with Gasteiger partial charge in [-0.25, -0.2) is 0 Å². The molecule has 0 saturated carbocycles. The van der Waals surface area contributed by atoms with Crippen molar-refractivity contribution in [3.8, 4) is 0 Å². The summed E-state index contributed by atoms with van der Waals surface area (Å²) in [4.78, 5) is 6.53. The number of rotatable bonds is 5. The first kappa shape index (κ1) is 10.8. The molecule has 0 unspecified atom stereocenters. The molecule has 3 nitrogen and oxygen atoms in total. The molecule has 3 heteroatoms. The van der Waals surface area contributed by atoms with Gasteiger partial charge in [0.2, 0.25) is 0 Å². The first-order chi connectivity index (χ1) is 6.81. The molecule has 1 N–H and O–H groups in total. The van der Waals surface area contributed by atoms with Crippen molar-refractivity contribution >= 4 is 11.4 Å². The lowest BCUT2D eigenvalue weighted by Crippen LogP contribution is -2.23. The van der Waals surface area contributed by atoms with Gasteiger partial charge in [0.15, 0.2) is 0 Å². The van der Waals surface area contributed by atoms with E-state index >= 15 is 0 Å². The van der Waals surface area contributed by atoms with Crippen LogP contribution in [0.4, 0.5) is 11.4 Å². The molecule has 0 amide bonds. The van der Waals surface area contributed by atoms with Gasteiger partial charge in [-0.1, -0.05) is 6.92 Å². The molecule has 0 fully saturated rings. The smallest absolute Gasteiger partial charge is 0.0573 e. The maximum absolute atomic E-state index is 4.20. The van der Waals surface area contributed by atoms with Crippen molar-refractivity contribution in [2.24, 2.45) is 0 Å². The van der Waals surface area contributed by atoms with Gasteiger partial charge < -0.3 is 10.2 Å². The van der Waals surface area contributed by atoms with Crippen molar-refractivity contribution in [3.05, 3.63) is 18.5 Å². The molecule has 0 aliphatic carbocycles. The van der Waals surface area contributed by atoms with E-state index in [4.69, 9.17) is 0 Å². The fourth-order valence-corrected chi connectivity index (χ4v) is 1.48. The quantitative estimate of drug-likeness (QED) is 0.778. The first-order valence-electron chi connectivity index (χ1n) is 5.19. The van der Waals surface area contributed by atoms with E-state index in [2.05, 4.69) is 35.1 Å². The average molecular weight is 193 g/mol. The molecular weight excluding hydrogens is 174 g/mol. The van der Waals surface area contributed by atoms with E-state index in [-0.39, 0.29) is 0 Å². The Morgan fingerprint density at radius 1 is 1.36 bits per heavy atom. The fraction of sp³-hybridized carbons (Fsp3) is 0.545. The molecule has 1 rings (SSSR count). The van der Waals surface area contributed by atoms with Gasteiger partial charge in [0.05, 0.1) is 23.8 Å². The minimum Gasteiger partial charge on any atom is -0.387 e. The number of pyridine rings is 1. The molecule has 0 aliphatic rings. The summed E-state index contributed by atoms with van der Waals surface area (Å²) in [6, 6.07) is 2.13. The fourth-order valence-electron chi connectivity index (χ4n) is 1.48. The second-order valence-electron chi connectivity index (χ2n) is 3.26. The summed E-state index contributed by atoms with van der Waals surface area (Å²) in [5.41, 5.74) is 2.26. The summed E-state index contributed by atoms with van der Waals surface area (Å²) >= 11 is 0. The SMILES string of the molecule is CCCN(CC)c1cncc(NC)c1. The van der Waals surface area contributed by atoms with Crippen LogP contribution in [0.5, 0.6) is 0 Å². The minimum absolute atomic E-state index is 1.03. The Morgan fingerprint density at radius 3 is 2.71 bits per heavy atom. The maximum atomic E-state index is 4.20. The second-order valence-corrected chi connectivity index (χ2v) is 3.26. The number of anilines is 2. The monoisotopic (exact) mass is 193 g/mol. The van der Waals surface area contributed by atoms with Gasteiger partial charge >= 0.3 is 0 Å². The minimum atomic E-state index is 1.03. The summed E-state index contributed by atoms with van der Waals surface area (Å²) in [6.07, 6.45) is 4.92. The highest BCUT2D eigenvalue weighted by Crippen LogP contribution is 2.17. The Labute approximate surface area is 86.2 Å². The lowest BCUT2D eigenvalue weighted by atomic mass is 10.3. The van der Waals surface area contributed by atoms with E-state index < -0.39 is 0 Å². The van der Waals surface area contributed by atoms with Crippen LogP contribution in [0.1, 0.15) is 20.3 Å². The lowest BCUT2D eigenvalue weighted by Gasteiger charge is -2.22. The van der Waals surface area contributed by atoms with Crippen LogP contribution in [0, 0.1) is 0 Å². The van der Waals surface area contributed by atoms with Gasteiger partial charge in [-0.05, 0) is 19.4 Å². The van der Waals surface area contributed by atoms with Crippen LogP contribution in [-0.4, -0.2) is 25.1 Å². The van der Waals surface area contributed by atoms with Gasteiger partial charge in [0, 0.05) is 20.1 Å². The van der Waals surface area contributed by atoms with Crippen molar-refractivity contribution < 1.29 is 0 Å². The van der Waals surface area contributed by atoms with Crippen LogP contribution in [0.3, 0.4) is 0 Å². The third kappa shape index (κ3) is 2.62. The topological polar surface area (TPSA) is 28.2 Å². The third-order valence-electron chi connectivity index (χ3n) is 2.25. The normalized spacial score (nSPS) is 9.93. The van der Waals surface area contributed by atoms with Crippen molar-refractivity contribution in [2.45, 2.75) is 20.3 Å². The number of hydrogen-bond donors (Lipinski definition) is 1. The Bertz CT molecular complexity index is 273. The zero-order valence-corrected chi connectivity index (χ0v) is 9.25. The van der Waals surface area contributed by atoms with Crippen LogP contribution in [0.25, 0.3) is 0 Å². The molecule has 78 valence electrons. The maximum Gasteiger partial charge on any atom is 0.0573 e. The highest BCUT2D eigenvalue weighted by Gasteiger charge is 2.03. The van der Waals surface area contributed by atoms with E-state index in [1.807, 2.05) is 19.4 Å². The van der Waals surface area contributed by atoms with Gasteiger partial charge in [-0.3, -0.25) is 4.98 Å². The molecule has 0 radical (unpaired) electrons. The highest BCUT2D eigenvalue weighted by molar-refractivity contribution is 5.55. The largest absolute Gasteiger partial charge is 0.387 e. The Kier molecular flexibility index (Phi) is 4.23. The summed E-state index contributed by atoms with van der Waals surface area (Å²) in [5.74, 6) is 0. The number of nitrogens with one attached hydrogen (secondary N) is 1. The van der Waals surface area contributed by atoms with Gasteiger partial charge in [-0.15, -0.1) is 0 Å². The van der Waals surface area contributed by atoms with Crippen molar-refractivity contribution in [2.75, 3.05) is 30.4 Å². The molecule has 0 saturated heterocycles. The Balaban J connectivity index is 2.80. The van der Waals surface area contributed by atoms with Crippen LogP contribution in [-0.2, 0) is 0 Å². The summed E-state index contributed by atoms with van der Waals surface area (Å²) in [7, 11) is 1.91. The number of nitrogens with zero attached hydrogens (tertiary/aromatic N) is 2. The highest BCUT2D eigenvalue weighted by atomic mass is 15.1. The molecule has 1 aromatic rings. The zero-order chi connectivity index (χ0) is 10.4. The Hall–Kier alpha value is -1.25.